The van der Waals surface area contributed by atoms with Crippen LogP contribution in [0.2, 0.25) is 0 Å². The topological polar surface area (TPSA) is 52.0 Å². The van der Waals surface area contributed by atoms with Crippen molar-refractivity contribution in [2.45, 2.75) is 52.0 Å². The summed E-state index contributed by atoms with van der Waals surface area (Å²) in [6, 6.07) is 12.3. The highest BCUT2D eigenvalue weighted by Gasteiger charge is 2.16. The quantitative estimate of drug-likeness (QED) is 0.513. The molecule has 0 N–H and O–H groups in total. The number of hydrogen-bond acceptors (Lipinski definition) is 5. The molecule has 0 spiro atoms. The van der Waals surface area contributed by atoms with Gasteiger partial charge in [-0.05, 0) is 51.0 Å². The lowest BCUT2D eigenvalue weighted by Gasteiger charge is -2.17. The Balaban J connectivity index is 1.85. The number of hydrogen-bond donors (Lipinski definition) is 0. The number of furan rings is 1. The van der Waals surface area contributed by atoms with Gasteiger partial charge in [-0.25, -0.2) is 4.68 Å². The Labute approximate surface area is 175 Å². The molecule has 0 atom stereocenters. The normalized spacial score (nSPS) is 16.4. The van der Waals surface area contributed by atoms with Crippen LogP contribution in [0.5, 0.6) is 5.75 Å². The summed E-state index contributed by atoms with van der Waals surface area (Å²) in [4.78, 5) is 5.99. The Morgan fingerprint density at radius 1 is 1.14 bits per heavy atom. The minimum Gasteiger partial charge on any atom is -0.496 e. The van der Waals surface area contributed by atoms with Crippen LogP contribution in [0.1, 0.15) is 50.5 Å². The fourth-order valence-electron chi connectivity index (χ4n) is 3.72. The number of benzene rings is 1. The van der Waals surface area contributed by atoms with Gasteiger partial charge >= 0.3 is 0 Å². The van der Waals surface area contributed by atoms with E-state index in [1.165, 1.54) is 19.3 Å². The number of ether oxygens (including phenoxy) is 1. The highest BCUT2D eigenvalue weighted by Crippen LogP contribution is 2.30. The van der Waals surface area contributed by atoms with Crippen molar-refractivity contribution in [1.82, 2.24) is 4.68 Å². The van der Waals surface area contributed by atoms with E-state index in [-0.39, 0.29) is 0 Å². The molecule has 1 aliphatic rings. The molecule has 152 valence electrons. The average Bonchev–Trinajstić information content (AvgIpc) is 3.35. The summed E-state index contributed by atoms with van der Waals surface area (Å²) in [7, 11) is 1.70. The lowest BCUT2D eigenvalue weighted by Crippen LogP contribution is -2.19. The van der Waals surface area contributed by atoms with E-state index in [0.717, 1.165) is 51.9 Å². The first-order valence-corrected chi connectivity index (χ1v) is 11.0. The first kappa shape index (κ1) is 19.7. The molecule has 1 aromatic carbocycles. The third kappa shape index (κ3) is 4.37. The maximum absolute atomic E-state index is 5.78. The molecule has 0 bridgehead atoms. The van der Waals surface area contributed by atoms with Crippen LogP contribution in [-0.2, 0) is 0 Å². The van der Waals surface area contributed by atoms with Gasteiger partial charge in [0.25, 0.3) is 0 Å². The summed E-state index contributed by atoms with van der Waals surface area (Å²) in [6.45, 7) is 3.91. The SMILES string of the molecule is COc1ccccc1-c1csc(=NC2CCCCC2)n1N=C(C)c1ccc(C)o1. The van der Waals surface area contributed by atoms with Gasteiger partial charge in [0.2, 0.25) is 4.80 Å². The molecule has 2 aromatic heterocycles. The molecule has 0 amide bonds. The molecular formula is C23H27N3O2S. The smallest absolute Gasteiger partial charge is 0.206 e. The molecule has 1 saturated carbocycles. The Kier molecular flexibility index (Phi) is 6.00. The van der Waals surface area contributed by atoms with Gasteiger partial charge in [0.15, 0.2) is 0 Å². The molecule has 4 rings (SSSR count). The number of thiazole rings is 1. The molecule has 1 fully saturated rings. The second-order valence-corrected chi connectivity index (χ2v) is 8.27. The number of para-hydroxylation sites is 1. The number of rotatable bonds is 5. The van der Waals surface area contributed by atoms with Crippen molar-refractivity contribution in [3.05, 3.63) is 58.1 Å². The van der Waals surface area contributed by atoms with Crippen LogP contribution in [0.15, 0.2) is 56.3 Å². The van der Waals surface area contributed by atoms with E-state index in [4.69, 9.17) is 19.2 Å². The van der Waals surface area contributed by atoms with E-state index < -0.39 is 0 Å². The average molecular weight is 410 g/mol. The lowest BCUT2D eigenvalue weighted by atomic mass is 9.96. The minimum absolute atomic E-state index is 0.375. The van der Waals surface area contributed by atoms with E-state index in [9.17, 15) is 0 Å². The number of nitrogens with zero attached hydrogens (tertiary/aromatic N) is 3. The number of aromatic nitrogens is 1. The van der Waals surface area contributed by atoms with Crippen molar-refractivity contribution < 1.29 is 9.15 Å². The molecule has 1 aliphatic carbocycles. The predicted molar refractivity (Wildman–Crippen MR) is 118 cm³/mol. The monoisotopic (exact) mass is 409 g/mol. The zero-order valence-corrected chi connectivity index (χ0v) is 18.0. The fraction of sp³-hybridized carbons (Fsp3) is 0.391. The summed E-state index contributed by atoms with van der Waals surface area (Å²) in [5.74, 6) is 2.47. The summed E-state index contributed by atoms with van der Waals surface area (Å²) in [5, 5.41) is 7.04. The van der Waals surface area contributed by atoms with Gasteiger partial charge in [-0.3, -0.25) is 4.99 Å². The minimum atomic E-state index is 0.375. The van der Waals surface area contributed by atoms with Gasteiger partial charge in [0, 0.05) is 10.9 Å². The maximum Gasteiger partial charge on any atom is 0.206 e. The van der Waals surface area contributed by atoms with Crippen LogP contribution < -0.4 is 9.54 Å². The summed E-state index contributed by atoms with van der Waals surface area (Å²) in [5.41, 5.74) is 2.80. The zero-order valence-electron chi connectivity index (χ0n) is 17.2. The first-order valence-electron chi connectivity index (χ1n) is 10.2. The molecule has 29 heavy (non-hydrogen) atoms. The molecule has 2 heterocycles. The Morgan fingerprint density at radius 2 is 1.93 bits per heavy atom. The third-order valence-corrected chi connectivity index (χ3v) is 6.11. The number of methoxy groups -OCH3 is 1. The van der Waals surface area contributed by atoms with Crippen molar-refractivity contribution in [1.29, 1.82) is 0 Å². The van der Waals surface area contributed by atoms with Crippen molar-refractivity contribution in [3.8, 4) is 17.0 Å². The van der Waals surface area contributed by atoms with E-state index in [0.29, 0.717) is 6.04 Å². The molecule has 6 heteroatoms. The van der Waals surface area contributed by atoms with Crippen LogP contribution in [-0.4, -0.2) is 23.5 Å². The predicted octanol–water partition coefficient (Wildman–Crippen LogP) is 5.63. The van der Waals surface area contributed by atoms with Crippen LogP contribution in [0.4, 0.5) is 0 Å². The van der Waals surface area contributed by atoms with Crippen molar-refractivity contribution >= 4 is 17.0 Å². The second kappa shape index (κ2) is 8.82. The Hall–Kier alpha value is -2.60. The van der Waals surface area contributed by atoms with Crippen LogP contribution in [0.25, 0.3) is 11.3 Å². The van der Waals surface area contributed by atoms with E-state index in [1.54, 1.807) is 18.4 Å². The largest absolute Gasteiger partial charge is 0.496 e. The summed E-state index contributed by atoms with van der Waals surface area (Å²) >= 11 is 1.63. The van der Waals surface area contributed by atoms with Crippen molar-refractivity contribution in [3.63, 3.8) is 0 Å². The lowest BCUT2D eigenvalue weighted by molar-refractivity contribution is 0.416. The van der Waals surface area contributed by atoms with E-state index >= 15 is 0 Å². The van der Waals surface area contributed by atoms with Crippen LogP contribution in [0, 0.1) is 6.92 Å². The van der Waals surface area contributed by atoms with Crippen molar-refractivity contribution in [2.75, 3.05) is 7.11 Å². The van der Waals surface area contributed by atoms with Gasteiger partial charge < -0.3 is 9.15 Å². The third-order valence-electron chi connectivity index (χ3n) is 5.28. The molecule has 3 aromatic rings. The van der Waals surface area contributed by atoms with Gasteiger partial charge in [-0.2, -0.15) is 5.10 Å². The van der Waals surface area contributed by atoms with Crippen LogP contribution in [0.3, 0.4) is 0 Å². The Bertz CT molecular complexity index is 1070. The fourth-order valence-corrected chi connectivity index (χ4v) is 4.61. The van der Waals surface area contributed by atoms with Crippen molar-refractivity contribution in [2.24, 2.45) is 10.1 Å². The molecular weight excluding hydrogens is 382 g/mol. The van der Waals surface area contributed by atoms with Gasteiger partial charge in [0.05, 0.1) is 18.8 Å². The number of aryl methyl sites for hydroxylation is 1. The molecule has 0 saturated heterocycles. The highest BCUT2D eigenvalue weighted by atomic mass is 32.1. The van der Waals surface area contributed by atoms with Gasteiger partial charge in [-0.1, -0.05) is 31.4 Å². The Morgan fingerprint density at radius 3 is 2.66 bits per heavy atom. The molecule has 5 nitrogen and oxygen atoms in total. The van der Waals surface area contributed by atoms with E-state index in [1.807, 2.05) is 48.9 Å². The van der Waals surface area contributed by atoms with Gasteiger partial charge in [0.1, 0.15) is 23.0 Å². The maximum atomic E-state index is 5.78. The first-order chi connectivity index (χ1) is 14.2. The zero-order chi connectivity index (χ0) is 20.2. The summed E-state index contributed by atoms with van der Waals surface area (Å²) in [6.07, 6.45) is 6.14. The second-order valence-electron chi connectivity index (χ2n) is 7.43. The van der Waals surface area contributed by atoms with Crippen LogP contribution >= 0.6 is 11.3 Å². The highest BCUT2D eigenvalue weighted by molar-refractivity contribution is 7.07. The standard InChI is InChI=1S/C23H27N3O2S/c1-16-13-14-21(28-16)17(2)25-26-20(19-11-7-8-12-22(19)27-3)15-29-23(26)24-18-9-5-4-6-10-18/h7-8,11-15,18H,4-6,9-10H2,1-3H3. The molecule has 0 radical (unpaired) electrons. The molecule has 0 aliphatic heterocycles. The van der Waals surface area contributed by atoms with Gasteiger partial charge in [-0.15, -0.1) is 11.3 Å². The molecule has 0 unspecified atom stereocenters. The summed E-state index contributed by atoms with van der Waals surface area (Å²) < 4.78 is 13.3. The van der Waals surface area contributed by atoms with E-state index in [2.05, 4.69) is 11.4 Å².